The van der Waals surface area contributed by atoms with Crippen molar-refractivity contribution in [3.05, 3.63) is 0 Å². The van der Waals surface area contributed by atoms with Crippen LogP contribution in [-0.2, 0) is 14.3 Å². The van der Waals surface area contributed by atoms with Crippen LogP contribution in [0.2, 0.25) is 0 Å². The lowest BCUT2D eigenvalue weighted by molar-refractivity contribution is -0.319. The summed E-state index contributed by atoms with van der Waals surface area (Å²) < 4.78 is 10.4. The topological polar surface area (TPSA) is 121 Å². The first-order valence-electron chi connectivity index (χ1n) is 7.03. The summed E-state index contributed by atoms with van der Waals surface area (Å²) in [6.45, 7) is 6.46. The van der Waals surface area contributed by atoms with Gasteiger partial charge in [0.25, 0.3) is 0 Å². The van der Waals surface area contributed by atoms with Crippen LogP contribution in [0.3, 0.4) is 0 Å². The Balaban J connectivity index is 2.25. The molecule has 0 spiro atoms. The van der Waals surface area contributed by atoms with Gasteiger partial charge < -0.3 is 29.9 Å². The van der Waals surface area contributed by atoms with Gasteiger partial charge >= 0.3 is 0 Å². The molecule has 0 amide bonds. The molecule has 1 saturated heterocycles. The molecule has 1 heterocycles. The van der Waals surface area contributed by atoms with E-state index >= 15 is 0 Å². The van der Waals surface area contributed by atoms with Crippen LogP contribution in [0.25, 0.3) is 0 Å². The van der Waals surface area contributed by atoms with E-state index in [4.69, 9.17) is 19.4 Å². The van der Waals surface area contributed by atoms with E-state index in [-0.39, 0.29) is 12.1 Å². The van der Waals surface area contributed by atoms with Gasteiger partial charge in [0.2, 0.25) is 6.29 Å². The van der Waals surface area contributed by atoms with Gasteiger partial charge in [-0.25, -0.2) is 0 Å². The predicted molar refractivity (Wildman–Crippen MR) is 72.9 cm³/mol. The van der Waals surface area contributed by atoms with Crippen LogP contribution in [0.15, 0.2) is 0 Å². The molecule has 8 nitrogen and oxygen atoms in total. The van der Waals surface area contributed by atoms with E-state index in [1.807, 2.05) is 0 Å². The Bertz CT molecular complexity index is 295. The molecule has 5 atom stereocenters. The van der Waals surface area contributed by atoms with Gasteiger partial charge in [0.15, 0.2) is 0 Å². The fourth-order valence-electron chi connectivity index (χ4n) is 1.77. The lowest BCUT2D eigenvalue weighted by Crippen LogP contribution is -2.60. The summed E-state index contributed by atoms with van der Waals surface area (Å²) >= 11 is 0. The Kier molecular flexibility index (Phi) is 7.45. The highest BCUT2D eigenvalue weighted by Crippen LogP contribution is 2.21. The highest BCUT2D eigenvalue weighted by molar-refractivity contribution is 4.88. The summed E-state index contributed by atoms with van der Waals surface area (Å²) in [5.41, 5.74) is 2.65. The van der Waals surface area contributed by atoms with Crippen LogP contribution in [0.5, 0.6) is 0 Å². The third kappa shape index (κ3) is 6.13. The van der Waals surface area contributed by atoms with E-state index in [0.29, 0.717) is 6.61 Å². The molecule has 21 heavy (non-hydrogen) atoms. The van der Waals surface area contributed by atoms with Crippen molar-refractivity contribution in [1.82, 2.24) is 5.48 Å². The van der Waals surface area contributed by atoms with Gasteiger partial charge in [-0.3, -0.25) is 4.84 Å². The molecule has 0 aromatic heterocycles. The Hall–Kier alpha value is -0.320. The number of nitrogens with one attached hydrogen (secondary N) is 1. The van der Waals surface area contributed by atoms with Crippen molar-refractivity contribution < 1.29 is 34.7 Å². The van der Waals surface area contributed by atoms with Crippen molar-refractivity contribution in [2.24, 2.45) is 5.41 Å². The zero-order valence-electron chi connectivity index (χ0n) is 12.7. The number of ether oxygens (including phenoxy) is 2. The van der Waals surface area contributed by atoms with Gasteiger partial charge in [0.05, 0.1) is 6.61 Å². The SMILES string of the molecule is CC(C)(C)CCOCNO[C@H]1O[C@H](CO)[C@@H](O)[C@H](O)[C@@H]1O. The van der Waals surface area contributed by atoms with Gasteiger partial charge in [0.1, 0.15) is 31.1 Å². The molecule has 0 saturated carbocycles. The van der Waals surface area contributed by atoms with Crippen LogP contribution in [0.4, 0.5) is 0 Å². The van der Waals surface area contributed by atoms with Crippen molar-refractivity contribution in [1.29, 1.82) is 0 Å². The van der Waals surface area contributed by atoms with Crippen LogP contribution in [-0.4, -0.2) is 71.1 Å². The highest BCUT2D eigenvalue weighted by atomic mass is 16.8. The van der Waals surface area contributed by atoms with Crippen molar-refractivity contribution in [2.75, 3.05) is 19.9 Å². The second kappa shape index (κ2) is 8.35. The number of aliphatic hydroxyl groups is 4. The zero-order chi connectivity index (χ0) is 16.0. The maximum absolute atomic E-state index is 9.71. The minimum atomic E-state index is -1.45. The van der Waals surface area contributed by atoms with Crippen LogP contribution in [0.1, 0.15) is 27.2 Å². The molecule has 1 aliphatic heterocycles. The number of rotatable bonds is 7. The molecule has 0 aromatic carbocycles. The maximum Gasteiger partial charge on any atom is 0.206 e. The molecule has 0 aromatic rings. The van der Waals surface area contributed by atoms with Gasteiger partial charge in [-0.15, -0.1) is 0 Å². The number of hydrogen-bond donors (Lipinski definition) is 5. The summed E-state index contributed by atoms with van der Waals surface area (Å²) in [7, 11) is 0. The average Bonchev–Trinajstić information content (AvgIpc) is 2.41. The minimum Gasteiger partial charge on any atom is -0.394 e. The smallest absolute Gasteiger partial charge is 0.206 e. The van der Waals surface area contributed by atoms with E-state index in [9.17, 15) is 15.3 Å². The lowest BCUT2D eigenvalue weighted by Gasteiger charge is -2.39. The number of hydroxylamine groups is 1. The molecule has 1 rings (SSSR count). The first-order valence-corrected chi connectivity index (χ1v) is 7.03. The largest absolute Gasteiger partial charge is 0.394 e. The molecule has 0 bridgehead atoms. The molecule has 0 aliphatic carbocycles. The second-order valence-electron chi connectivity index (χ2n) is 6.32. The average molecular weight is 309 g/mol. The number of hydrogen-bond acceptors (Lipinski definition) is 8. The van der Waals surface area contributed by atoms with E-state index < -0.39 is 37.3 Å². The molecular formula is C13H27NO7. The first-order chi connectivity index (χ1) is 9.76. The van der Waals surface area contributed by atoms with Crippen molar-refractivity contribution in [3.8, 4) is 0 Å². The van der Waals surface area contributed by atoms with Crippen molar-refractivity contribution in [2.45, 2.75) is 57.9 Å². The van der Waals surface area contributed by atoms with E-state index in [0.717, 1.165) is 6.42 Å². The fraction of sp³-hybridized carbons (Fsp3) is 1.00. The third-order valence-electron chi connectivity index (χ3n) is 3.21. The summed E-state index contributed by atoms with van der Waals surface area (Å²) in [4.78, 5) is 5.05. The van der Waals surface area contributed by atoms with Crippen molar-refractivity contribution in [3.63, 3.8) is 0 Å². The van der Waals surface area contributed by atoms with E-state index in [2.05, 4.69) is 26.3 Å². The second-order valence-corrected chi connectivity index (χ2v) is 6.32. The lowest BCUT2D eigenvalue weighted by atomic mass is 9.93. The monoisotopic (exact) mass is 309 g/mol. The Labute approximate surface area is 124 Å². The van der Waals surface area contributed by atoms with Gasteiger partial charge in [0, 0.05) is 6.61 Å². The molecule has 0 unspecified atom stereocenters. The molecular weight excluding hydrogens is 282 g/mol. The van der Waals surface area contributed by atoms with E-state index in [1.54, 1.807) is 0 Å². The summed E-state index contributed by atoms with van der Waals surface area (Å²) in [6, 6.07) is 0. The zero-order valence-corrected chi connectivity index (χ0v) is 12.7. The standard InChI is InChI=1S/C13H27NO7/c1-13(2,3)4-5-19-7-14-21-12-11(18)10(17)9(16)8(6-15)20-12/h8-12,14-18H,4-7H2,1-3H3/t8-,9-,10+,11+,12-/m1/s1. The van der Waals surface area contributed by atoms with Gasteiger partial charge in [-0.1, -0.05) is 20.8 Å². The normalized spacial score (nSPS) is 34.1. The molecule has 0 radical (unpaired) electrons. The molecule has 1 fully saturated rings. The maximum atomic E-state index is 9.71. The van der Waals surface area contributed by atoms with Crippen LogP contribution in [0, 0.1) is 5.41 Å². The minimum absolute atomic E-state index is 0.0884. The third-order valence-corrected chi connectivity index (χ3v) is 3.21. The molecule has 1 aliphatic rings. The number of aliphatic hydroxyl groups excluding tert-OH is 4. The predicted octanol–water partition coefficient (Wildman–Crippen LogP) is -1.28. The molecule has 126 valence electrons. The highest BCUT2D eigenvalue weighted by Gasteiger charge is 2.44. The first kappa shape index (κ1) is 18.7. The quantitative estimate of drug-likeness (QED) is 0.224. The van der Waals surface area contributed by atoms with Crippen molar-refractivity contribution >= 4 is 0 Å². The Morgan fingerprint density at radius 1 is 1.10 bits per heavy atom. The van der Waals surface area contributed by atoms with Gasteiger partial charge in [-0.2, -0.15) is 5.48 Å². The van der Waals surface area contributed by atoms with E-state index in [1.165, 1.54) is 0 Å². The Morgan fingerprint density at radius 3 is 2.33 bits per heavy atom. The Morgan fingerprint density at radius 2 is 1.76 bits per heavy atom. The summed E-state index contributed by atoms with van der Waals surface area (Å²) in [6.07, 6.45) is -5.58. The summed E-state index contributed by atoms with van der Waals surface area (Å²) in [5.74, 6) is 0. The summed E-state index contributed by atoms with van der Waals surface area (Å²) in [5, 5.41) is 37.9. The van der Waals surface area contributed by atoms with Crippen LogP contribution < -0.4 is 5.48 Å². The fourth-order valence-corrected chi connectivity index (χ4v) is 1.77. The van der Waals surface area contributed by atoms with Gasteiger partial charge in [-0.05, 0) is 11.8 Å². The molecule has 5 N–H and O–H groups in total. The van der Waals surface area contributed by atoms with Crippen LogP contribution >= 0.6 is 0 Å². The molecule has 8 heteroatoms.